The minimum Gasteiger partial charge on any atom is -0.368 e. The molecule has 2 aromatic rings. The van der Waals surface area contributed by atoms with E-state index in [9.17, 15) is 9.59 Å². The van der Waals surface area contributed by atoms with Gasteiger partial charge in [-0.15, -0.1) is 0 Å². The Bertz CT molecular complexity index is 906. The summed E-state index contributed by atoms with van der Waals surface area (Å²) in [6.45, 7) is 0.754. The summed E-state index contributed by atoms with van der Waals surface area (Å²) in [5.41, 5.74) is 14.2. The summed E-state index contributed by atoms with van der Waals surface area (Å²) in [5.74, 6) is 0.120. The zero-order valence-corrected chi connectivity index (χ0v) is 16.5. The zero-order valence-electron chi connectivity index (χ0n) is 16.5. The Hall–Kier alpha value is -2.96. The summed E-state index contributed by atoms with van der Waals surface area (Å²) in [6, 6.07) is 6.96. The molecule has 0 bridgehead atoms. The van der Waals surface area contributed by atoms with Crippen LogP contribution in [-0.4, -0.2) is 33.2 Å². The fourth-order valence-corrected chi connectivity index (χ4v) is 4.59. The van der Waals surface area contributed by atoms with E-state index in [1.54, 1.807) is 18.3 Å². The molecule has 2 heterocycles. The summed E-state index contributed by atoms with van der Waals surface area (Å²) in [6.07, 6.45) is 8.86. The minimum absolute atomic E-state index is 0.104. The SMILES string of the molecule is NC(=O)c1ccc(-c2cnc(N)nc2[C@@H]2CCCCN2C(=O)C2CCCC2)cc1. The van der Waals surface area contributed by atoms with Crippen molar-refractivity contribution in [3.05, 3.63) is 41.7 Å². The average Bonchev–Trinajstić information content (AvgIpc) is 3.28. The van der Waals surface area contributed by atoms with Crippen molar-refractivity contribution in [2.75, 3.05) is 12.3 Å². The number of aromatic nitrogens is 2. The number of carbonyl (C=O) groups is 2. The van der Waals surface area contributed by atoms with Gasteiger partial charge < -0.3 is 16.4 Å². The molecule has 7 heteroatoms. The molecular weight excluding hydrogens is 366 g/mol. The number of rotatable bonds is 4. The third-order valence-electron chi connectivity index (χ3n) is 6.12. The molecule has 1 aromatic heterocycles. The summed E-state index contributed by atoms with van der Waals surface area (Å²) in [4.78, 5) is 35.4. The molecule has 7 nitrogen and oxygen atoms in total. The Kier molecular flexibility index (Phi) is 5.47. The number of amides is 2. The van der Waals surface area contributed by atoms with E-state index in [4.69, 9.17) is 11.5 Å². The molecule has 0 spiro atoms. The molecule has 152 valence electrons. The molecule has 2 aliphatic rings. The molecule has 1 aliphatic heterocycles. The maximum absolute atomic E-state index is 13.2. The van der Waals surface area contributed by atoms with Crippen molar-refractivity contribution in [1.29, 1.82) is 0 Å². The van der Waals surface area contributed by atoms with E-state index in [0.717, 1.165) is 68.3 Å². The summed E-state index contributed by atoms with van der Waals surface area (Å²) < 4.78 is 0. The number of hydrogen-bond acceptors (Lipinski definition) is 5. The molecular formula is C22H27N5O2. The van der Waals surface area contributed by atoms with Crippen LogP contribution in [0.15, 0.2) is 30.5 Å². The van der Waals surface area contributed by atoms with E-state index < -0.39 is 5.91 Å². The molecule has 1 aromatic carbocycles. The molecule has 4 N–H and O–H groups in total. The second-order valence-corrected chi connectivity index (χ2v) is 7.99. The molecule has 0 unspecified atom stereocenters. The van der Waals surface area contributed by atoms with Crippen LogP contribution in [0.3, 0.4) is 0 Å². The predicted octanol–water partition coefficient (Wildman–Crippen LogP) is 3.07. The topological polar surface area (TPSA) is 115 Å². The summed E-state index contributed by atoms with van der Waals surface area (Å²) in [7, 11) is 0. The number of nitrogen functional groups attached to an aromatic ring is 1. The van der Waals surface area contributed by atoms with Gasteiger partial charge in [-0.25, -0.2) is 9.97 Å². The van der Waals surface area contributed by atoms with E-state index in [1.807, 2.05) is 17.0 Å². The number of nitrogens with two attached hydrogens (primary N) is 2. The first-order valence-corrected chi connectivity index (χ1v) is 10.4. The lowest BCUT2D eigenvalue weighted by molar-refractivity contribution is -0.139. The van der Waals surface area contributed by atoms with Gasteiger partial charge in [-0.3, -0.25) is 9.59 Å². The second-order valence-electron chi connectivity index (χ2n) is 7.99. The lowest BCUT2D eigenvalue weighted by atomic mass is 9.92. The van der Waals surface area contributed by atoms with Crippen molar-refractivity contribution >= 4 is 17.8 Å². The lowest BCUT2D eigenvalue weighted by Crippen LogP contribution is -2.42. The van der Waals surface area contributed by atoms with Gasteiger partial charge in [-0.1, -0.05) is 25.0 Å². The third-order valence-corrected chi connectivity index (χ3v) is 6.12. The highest BCUT2D eigenvalue weighted by atomic mass is 16.2. The summed E-state index contributed by atoms with van der Waals surface area (Å²) in [5, 5.41) is 0. The lowest BCUT2D eigenvalue weighted by Gasteiger charge is -2.37. The number of hydrogen-bond donors (Lipinski definition) is 2. The number of benzene rings is 1. The van der Waals surface area contributed by atoms with Gasteiger partial charge in [-0.05, 0) is 49.8 Å². The van der Waals surface area contributed by atoms with Gasteiger partial charge in [-0.2, -0.15) is 0 Å². The molecule has 1 atom stereocenters. The predicted molar refractivity (Wildman–Crippen MR) is 111 cm³/mol. The van der Waals surface area contributed by atoms with Crippen molar-refractivity contribution in [3.63, 3.8) is 0 Å². The molecule has 4 rings (SSSR count). The second kappa shape index (κ2) is 8.19. The van der Waals surface area contributed by atoms with E-state index >= 15 is 0 Å². The van der Waals surface area contributed by atoms with Crippen LogP contribution in [0.5, 0.6) is 0 Å². The highest BCUT2D eigenvalue weighted by Gasteiger charge is 2.35. The minimum atomic E-state index is -0.467. The van der Waals surface area contributed by atoms with Crippen LogP contribution in [0.25, 0.3) is 11.1 Å². The maximum Gasteiger partial charge on any atom is 0.248 e. The smallest absolute Gasteiger partial charge is 0.248 e. The van der Waals surface area contributed by atoms with Crippen LogP contribution < -0.4 is 11.5 Å². The van der Waals surface area contributed by atoms with Gasteiger partial charge in [0.2, 0.25) is 17.8 Å². The van der Waals surface area contributed by atoms with Crippen molar-refractivity contribution in [1.82, 2.24) is 14.9 Å². The average molecular weight is 393 g/mol. The van der Waals surface area contributed by atoms with Gasteiger partial charge in [0.15, 0.2) is 0 Å². The third kappa shape index (κ3) is 3.95. The van der Waals surface area contributed by atoms with Crippen molar-refractivity contribution in [3.8, 4) is 11.1 Å². The Morgan fingerprint density at radius 2 is 1.69 bits per heavy atom. The normalized spacial score (nSPS) is 20.0. The van der Waals surface area contributed by atoms with Crippen molar-refractivity contribution < 1.29 is 9.59 Å². The highest BCUT2D eigenvalue weighted by Crippen LogP contribution is 2.38. The van der Waals surface area contributed by atoms with Crippen LogP contribution in [-0.2, 0) is 4.79 Å². The first-order chi connectivity index (χ1) is 14.0. The first kappa shape index (κ1) is 19.4. The fraction of sp³-hybridized carbons (Fsp3) is 0.455. The van der Waals surface area contributed by atoms with Crippen LogP contribution in [0.1, 0.15) is 67.0 Å². The standard InChI is InChI=1S/C22H27N5O2/c23-20(28)15-10-8-14(9-11-15)17-13-25-22(24)26-19(17)18-7-3-4-12-27(18)21(29)16-5-1-2-6-16/h8-11,13,16,18H,1-7,12H2,(H2,23,28)(H2,24,25,26)/t18-/m0/s1. The van der Waals surface area contributed by atoms with E-state index in [1.165, 1.54) is 0 Å². The first-order valence-electron chi connectivity index (χ1n) is 10.4. The summed E-state index contributed by atoms with van der Waals surface area (Å²) >= 11 is 0. The highest BCUT2D eigenvalue weighted by molar-refractivity contribution is 5.93. The molecule has 1 aliphatic carbocycles. The van der Waals surface area contributed by atoms with Crippen LogP contribution in [0.2, 0.25) is 0 Å². The number of piperidine rings is 1. The van der Waals surface area contributed by atoms with Gasteiger partial charge in [0.25, 0.3) is 0 Å². The Labute approximate surface area is 170 Å². The molecule has 29 heavy (non-hydrogen) atoms. The Balaban J connectivity index is 1.71. The van der Waals surface area contributed by atoms with Crippen LogP contribution >= 0.6 is 0 Å². The van der Waals surface area contributed by atoms with Crippen LogP contribution in [0, 0.1) is 5.92 Å². The van der Waals surface area contributed by atoms with E-state index in [-0.39, 0.29) is 23.8 Å². The Morgan fingerprint density at radius 3 is 2.38 bits per heavy atom. The van der Waals surface area contributed by atoms with Gasteiger partial charge >= 0.3 is 0 Å². The number of primary amides is 1. The largest absolute Gasteiger partial charge is 0.368 e. The Morgan fingerprint density at radius 1 is 1.00 bits per heavy atom. The van der Waals surface area contributed by atoms with E-state index in [0.29, 0.717) is 5.56 Å². The van der Waals surface area contributed by atoms with Crippen molar-refractivity contribution in [2.45, 2.75) is 51.0 Å². The molecule has 2 amide bonds. The molecule has 1 saturated carbocycles. The van der Waals surface area contributed by atoms with E-state index in [2.05, 4.69) is 9.97 Å². The van der Waals surface area contributed by atoms with Crippen LogP contribution in [0.4, 0.5) is 5.95 Å². The van der Waals surface area contributed by atoms with Gasteiger partial charge in [0.05, 0.1) is 11.7 Å². The molecule has 1 saturated heterocycles. The molecule has 2 fully saturated rings. The zero-order chi connectivity index (χ0) is 20.4. The maximum atomic E-state index is 13.2. The number of anilines is 1. The quantitative estimate of drug-likeness (QED) is 0.828. The van der Waals surface area contributed by atoms with Gasteiger partial charge in [0, 0.05) is 29.8 Å². The number of nitrogens with zero attached hydrogens (tertiary/aromatic N) is 3. The van der Waals surface area contributed by atoms with Crippen molar-refractivity contribution in [2.24, 2.45) is 11.7 Å². The monoisotopic (exact) mass is 393 g/mol. The number of carbonyl (C=O) groups excluding carboxylic acids is 2. The van der Waals surface area contributed by atoms with Gasteiger partial charge in [0.1, 0.15) is 0 Å². The fourth-order valence-electron chi connectivity index (χ4n) is 4.59. The molecule has 0 radical (unpaired) electrons. The number of likely N-dealkylation sites (tertiary alicyclic amines) is 1.